The third kappa shape index (κ3) is 7.95. The van der Waals surface area contributed by atoms with Crippen molar-refractivity contribution in [2.75, 3.05) is 26.4 Å². The lowest BCUT2D eigenvalue weighted by atomic mass is 9.90. The Morgan fingerprint density at radius 2 is 1.00 bits per heavy atom. The molecule has 0 aromatic heterocycles. The predicted molar refractivity (Wildman–Crippen MR) is 178 cm³/mol. The number of hydrogen-bond donors (Lipinski definition) is 2. The summed E-state index contributed by atoms with van der Waals surface area (Å²) < 4.78 is 22.5. The first-order chi connectivity index (χ1) is 22.8. The van der Waals surface area contributed by atoms with Gasteiger partial charge >= 0.3 is 11.9 Å². The van der Waals surface area contributed by atoms with Gasteiger partial charge in [0.15, 0.2) is 13.2 Å². The Hall–Kier alpha value is -5.24. The summed E-state index contributed by atoms with van der Waals surface area (Å²) in [6.45, 7) is 7.32. The predicted octanol–water partition coefficient (Wildman–Crippen LogP) is 6.39. The van der Waals surface area contributed by atoms with E-state index in [1.165, 1.54) is 0 Å². The molecule has 8 nitrogen and oxygen atoms in total. The highest BCUT2D eigenvalue weighted by Crippen LogP contribution is 2.38. The van der Waals surface area contributed by atoms with E-state index in [1.807, 2.05) is 72.8 Å². The Bertz CT molecular complexity index is 1680. The van der Waals surface area contributed by atoms with Crippen molar-refractivity contribution in [3.8, 4) is 23.0 Å². The Labute approximate surface area is 275 Å². The quantitative estimate of drug-likeness (QED) is 0.134. The van der Waals surface area contributed by atoms with Gasteiger partial charge in [-0.1, -0.05) is 72.8 Å². The van der Waals surface area contributed by atoms with Crippen molar-refractivity contribution in [1.29, 1.82) is 0 Å². The molecular weight excluding hydrogens is 596 g/mol. The van der Waals surface area contributed by atoms with E-state index in [0.29, 0.717) is 65.9 Å². The number of hydrogen-bond acceptors (Lipinski definition) is 8. The highest BCUT2D eigenvalue weighted by Gasteiger charge is 2.22. The van der Waals surface area contributed by atoms with Gasteiger partial charge in [0.25, 0.3) is 0 Å². The first-order valence-electron chi connectivity index (χ1n) is 15.8. The zero-order valence-corrected chi connectivity index (χ0v) is 26.8. The van der Waals surface area contributed by atoms with Crippen LogP contribution in [-0.2, 0) is 51.2 Å². The van der Waals surface area contributed by atoms with Crippen molar-refractivity contribution in [2.24, 2.45) is 0 Å². The van der Waals surface area contributed by atoms with Crippen LogP contribution in [0, 0.1) is 0 Å². The highest BCUT2D eigenvalue weighted by atomic mass is 16.6. The maximum Gasteiger partial charge on any atom is 0.344 e. The van der Waals surface area contributed by atoms with Crippen LogP contribution in [0.5, 0.6) is 23.0 Å². The molecule has 5 rings (SSSR count). The molecule has 0 atom stereocenters. The fourth-order valence-electron chi connectivity index (χ4n) is 6.01. The number of rotatable bonds is 10. The molecule has 244 valence electrons. The average Bonchev–Trinajstić information content (AvgIpc) is 3.04. The molecule has 0 unspecified atom stereocenters. The standard InChI is InChI=1S/C39H40O8/c1-4-10-25-17-32-21-28-13-7-11-26(36(28)42)19-30-15-9-16-31(38(30)46-23-34(40)44-5-2)20-27-12-8-14-29(37(27)43)22-33(18-25)39(32)47-24-35(41)45-6-3/h4,7-9,11-18,42-43H,1,5-6,10,19-24H2,2-3H3. The molecule has 0 heterocycles. The molecule has 0 fully saturated rings. The molecule has 0 radical (unpaired) electrons. The largest absolute Gasteiger partial charge is 0.507 e. The molecule has 0 saturated heterocycles. The average molecular weight is 637 g/mol. The first kappa shape index (κ1) is 33.1. The van der Waals surface area contributed by atoms with E-state index >= 15 is 0 Å². The Kier molecular flexibility index (Phi) is 10.8. The van der Waals surface area contributed by atoms with Gasteiger partial charge in [0, 0.05) is 25.7 Å². The van der Waals surface area contributed by atoms with E-state index < -0.39 is 11.9 Å². The van der Waals surface area contributed by atoms with Crippen LogP contribution in [0.1, 0.15) is 63.9 Å². The minimum absolute atomic E-state index is 0.135. The fraction of sp³-hybridized carbons (Fsp3) is 0.282. The van der Waals surface area contributed by atoms with Crippen LogP contribution in [-0.4, -0.2) is 48.6 Å². The summed E-state index contributed by atoms with van der Waals surface area (Å²) in [6, 6.07) is 21.0. The van der Waals surface area contributed by atoms with Gasteiger partial charge in [0.05, 0.1) is 13.2 Å². The summed E-state index contributed by atoms with van der Waals surface area (Å²) in [5, 5.41) is 23.2. The smallest absolute Gasteiger partial charge is 0.344 e. The number of ether oxygens (including phenoxy) is 4. The van der Waals surface area contributed by atoms with Gasteiger partial charge in [-0.25, -0.2) is 9.59 Å². The lowest BCUT2D eigenvalue weighted by Gasteiger charge is -2.21. The van der Waals surface area contributed by atoms with Crippen molar-refractivity contribution < 1.29 is 38.7 Å². The molecule has 4 aromatic carbocycles. The maximum absolute atomic E-state index is 12.4. The topological polar surface area (TPSA) is 112 Å². The normalized spacial score (nSPS) is 12.1. The molecule has 1 aliphatic carbocycles. The minimum Gasteiger partial charge on any atom is -0.507 e. The van der Waals surface area contributed by atoms with Gasteiger partial charge in [-0.2, -0.15) is 0 Å². The van der Waals surface area contributed by atoms with Gasteiger partial charge in [-0.15, -0.1) is 6.58 Å². The lowest BCUT2D eigenvalue weighted by molar-refractivity contribution is -0.146. The van der Waals surface area contributed by atoms with Crippen LogP contribution in [0.3, 0.4) is 0 Å². The molecule has 0 spiro atoms. The van der Waals surface area contributed by atoms with Crippen LogP contribution >= 0.6 is 0 Å². The van der Waals surface area contributed by atoms with Crippen LogP contribution in [0.2, 0.25) is 0 Å². The van der Waals surface area contributed by atoms with Crippen molar-refractivity contribution >= 4 is 11.9 Å². The third-order valence-electron chi connectivity index (χ3n) is 8.07. The number of benzene rings is 4. The monoisotopic (exact) mass is 636 g/mol. The second kappa shape index (κ2) is 15.4. The molecular formula is C39H40O8. The van der Waals surface area contributed by atoms with Gasteiger partial charge in [-0.3, -0.25) is 0 Å². The highest BCUT2D eigenvalue weighted by molar-refractivity contribution is 5.72. The Morgan fingerprint density at radius 1 is 0.638 bits per heavy atom. The molecule has 2 N–H and O–H groups in total. The minimum atomic E-state index is -0.487. The summed E-state index contributed by atoms with van der Waals surface area (Å²) in [7, 11) is 0. The maximum atomic E-state index is 12.4. The zero-order valence-electron chi connectivity index (χ0n) is 26.8. The number of phenols is 2. The fourth-order valence-corrected chi connectivity index (χ4v) is 6.01. The number of phenolic OH excluding ortho intramolecular Hbond substituents is 2. The summed E-state index contributed by atoms with van der Waals surface area (Å²) in [4.78, 5) is 24.7. The van der Waals surface area contributed by atoms with E-state index in [4.69, 9.17) is 18.9 Å². The van der Waals surface area contributed by atoms with Crippen molar-refractivity contribution in [1.82, 2.24) is 0 Å². The van der Waals surface area contributed by atoms with E-state index in [-0.39, 0.29) is 37.9 Å². The van der Waals surface area contributed by atoms with E-state index in [1.54, 1.807) is 13.8 Å². The summed E-state index contributed by atoms with van der Waals surface area (Å²) in [5.41, 5.74) is 6.78. The van der Waals surface area contributed by atoms with Crippen LogP contribution in [0.25, 0.3) is 0 Å². The zero-order chi connectivity index (χ0) is 33.3. The molecule has 47 heavy (non-hydrogen) atoms. The second-order valence-corrected chi connectivity index (χ2v) is 11.4. The van der Waals surface area contributed by atoms with Crippen LogP contribution in [0.4, 0.5) is 0 Å². The number of aromatic hydroxyl groups is 2. The van der Waals surface area contributed by atoms with Crippen LogP contribution < -0.4 is 9.47 Å². The Balaban J connectivity index is 1.69. The summed E-state index contributed by atoms with van der Waals surface area (Å²) >= 11 is 0. The van der Waals surface area contributed by atoms with E-state index in [0.717, 1.165) is 27.8 Å². The molecule has 8 heteroatoms. The van der Waals surface area contributed by atoms with Gasteiger partial charge in [0.2, 0.25) is 0 Å². The van der Waals surface area contributed by atoms with Crippen molar-refractivity contribution in [3.63, 3.8) is 0 Å². The van der Waals surface area contributed by atoms with Gasteiger partial charge < -0.3 is 29.2 Å². The number of carbonyl (C=O) groups is 2. The van der Waals surface area contributed by atoms with E-state index in [2.05, 4.69) is 6.58 Å². The van der Waals surface area contributed by atoms with Crippen LogP contribution in [0.15, 0.2) is 79.4 Å². The summed E-state index contributed by atoms with van der Waals surface area (Å²) in [6.07, 6.45) is 3.69. The second-order valence-electron chi connectivity index (χ2n) is 11.4. The SMILES string of the molecule is C=CCc1cc2c(OCC(=O)OCC)c(c1)Cc1cccc(c1O)Cc1cccc(c1OCC(=O)OCC)Cc1cccc(c1O)C2. The number of esters is 2. The number of fused-ring (bicyclic) bond motifs is 8. The van der Waals surface area contributed by atoms with Crippen molar-refractivity contribution in [3.05, 3.63) is 129 Å². The Morgan fingerprint density at radius 3 is 1.38 bits per heavy atom. The summed E-state index contributed by atoms with van der Waals surface area (Å²) in [5.74, 6) is 0.317. The molecule has 0 amide bonds. The van der Waals surface area contributed by atoms with E-state index in [9.17, 15) is 19.8 Å². The van der Waals surface area contributed by atoms with Gasteiger partial charge in [-0.05, 0) is 70.3 Å². The molecule has 0 aliphatic heterocycles. The molecule has 1 aliphatic rings. The number of para-hydroxylation sites is 3. The molecule has 8 bridgehead atoms. The van der Waals surface area contributed by atoms with Gasteiger partial charge in [0.1, 0.15) is 23.0 Å². The lowest BCUT2D eigenvalue weighted by Crippen LogP contribution is -2.17. The third-order valence-corrected chi connectivity index (χ3v) is 8.07. The van der Waals surface area contributed by atoms with Crippen molar-refractivity contribution in [2.45, 2.75) is 46.0 Å². The first-order valence-corrected chi connectivity index (χ1v) is 15.8. The number of allylic oxidation sites excluding steroid dienone is 1. The number of carbonyl (C=O) groups excluding carboxylic acids is 2. The molecule has 4 aromatic rings. The molecule has 0 saturated carbocycles.